The lowest BCUT2D eigenvalue weighted by atomic mass is 10.1. The molecule has 0 aliphatic carbocycles. The zero-order chi connectivity index (χ0) is 13.2. The summed E-state index contributed by atoms with van der Waals surface area (Å²) >= 11 is 5.94. The van der Waals surface area contributed by atoms with Gasteiger partial charge in [0.2, 0.25) is 12.3 Å². The van der Waals surface area contributed by atoms with Crippen LogP contribution in [0.25, 0.3) is 0 Å². The molecule has 1 aromatic carbocycles. The van der Waals surface area contributed by atoms with Gasteiger partial charge >= 0.3 is 0 Å². The van der Waals surface area contributed by atoms with Crippen LogP contribution in [0, 0.1) is 0 Å². The van der Waals surface area contributed by atoms with E-state index >= 15 is 0 Å². The van der Waals surface area contributed by atoms with Crippen molar-refractivity contribution in [2.45, 2.75) is 18.9 Å². The van der Waals surface area contributed by atoms with Crippen molar-refractivity contribution in [3.05, 3.63) is 47.1 Å². The van der Waals surface area contributed by atoms with Crippen molar-refractivity contribution in [3.8, 4) is 0 Å². The van der Waals surface area contributed by atoms with Gasteiger partial charge in [-0.25, -0.2) is 0 Å². The Labute approximate surface area is 115 Å². The third kappa shape index (κ3) is 2.61. The van der Waals surface area contributed by atoms with Gasteiger partial charge in [-0.1, -0.05) is 28.9 Å². The van der Waals surface area contributed by atoms with E-state index < -0.39 is 0 Å². The number of aromatic nitrogens is 2. The summed E-state index contributed by atoms with van der Waals surface area (Å²) in [6.07, 6.45) is 1.72. The molecular formula is C13H12ClN3O2. The van der Waals surface area contributed by atoms with Gasteiger partial charge in [0.05, 0.1) is 0 Å². The van der Waals surface area contributed by atoms with Gasteiger partial charge in [-0.2, -0.15) is 4.98 Å². The van der Waals surface area contributed by atoms with Crippen LogP contribution in [0.15, 0.2) is 35.2 Å². The SMILES string of the molecule is O=C1CC(c2ncon2)CN1Cc1cccc(Cl)c1. The third-order valence-electron chi connectivity index (χ3n) is 3.22. The maximum absolute atomic E-state index is 12.0. The molecule has 1 atom stereocenters. The summed E-state index contributed by atoms with van der Waals surface area (Å²) in [6.45, 7) is 1.18. The van der Waals surface area contributed by atoms with Gasteiger partial charge in [0, 0.05) is 30.5 Å². The van der Waals surface area contributed by atoms with Gasteiger partial charge in [0.1, 0.15) is 0 Å². The van der Waals surface area contributed by atoms with Crippen molar-refractivity contribution in [1.82, 2.24) is 15.0 Å². The van der Waals surface area contributed by atoms with Crippen LogP contribution in [-0.4, -0.2) is 27.5 Å². The standard InChI is InChI=1S/C13H12ClN3O2/c14-11-3-1-2-9(4-11)6-17-7-10(5-12(17)18)13-15-8-19-16-13/h1-4,8,10H,5-7H2. The Hall–Kier alpha value is -1.88. The minimum Gasteiger partial charge on any atom is -0.343 e. The molecule has 1 aliphatic heterocycles. The maximum Gasteiger partial charge on any atom is 0.223 e. The zero-order valence-corrected chi connectivity index (χ0v) is 10.9. The molecule has 2 heterocycles. The maximum atomic E-state index is 12.0. The summed E-state index contributed by atoms with van der Waals surface area (Å²) in [5.41, 5.74) is 1.02. The molecule has 1 aromatic heterocycles. The van der Waals surface area contributed by atoms with E-state index in [9.17, 15) is 4.79 Å². The van der Waals surface area contributed by atoms with Crippen LogP contribution in [-0.2, 0) is 11.3 Å². The van der Waals surface area contributed by atoms with Crippen molar-refractivity contribution in [2.75, 3.05) is 6.54 Å². The summed E-state index contributed by atoms with van der Waals surface area (Å²) in [4.78, 5) is 17.8. The van der Waals surface area contributed by atoms with Gasteiger partial charge in [0.25, 0.3) is 0 Å². The Balaban J connectivity index is 1.71. The number of halogens is 1. The molecule has 1 unspecified atom stereocenters. The quantitative estimate of drug-likeness (QED) is 0.863. The fraction of sp³-hybridized carbons (Fsp3) is 0.308. The summed E-state index contributed by atoms with van der Waals surface area (Å²) in [7, 11) is 0. The summed E-state index contributed by atoms with van der Waals surface area (Å²) in [6, 6.07) is 7.53. The molecule has 1 amide bonds. The molecule has 0 spiro atoms. The fourth-order valence-electron chi connectivity index (χ4n) is 2.31. The monoisotopic (exact) mass is 277 g/mol. The zero-order valence-electron chi connectivity index (χ0n) is 10.1. The van der Waals surface area contributed by atoms with Crippen molar-refractivity contribution in [1.29, 1.82) is 0 Å². The van der Waals surface area contributed by atoms with E-state index in [1.54, 1.807) is 4.90 Å². The molecule has 98 valence electrons. The third-order valence-corrected chi connectivity index (χ3v) is 3.46. The second-order valence-electron chi connectivity index (χ2n) is 4.59. The average Bonchev–Trinajstić information content (AvgIpc) is 3.00. The Kier molecular flexibility index (Phi) is 3.21. The van der Waals surface area contributed by atoms with E-state index in [1.807, 2.05) is 24.3 Å². The van der Waals surface area contributed by atoms with E-state index in [2.05, 4.69) is 10.1 Å². The first-order chi connectivity index (χ1) is 9.22. The van der Waals surface area contributed by atoms with Gasteiger partial charge in [-0.15, -0.1) is 0 Å². The molecule has 1 fully saturated rings. The van der Waals surface area contributed by atoms with Gasteiger partial charge in [-0.3, -0.25) is 4.79 Å². The number of hydrogen-bond donors (Lipinski definition) is 0. The van der Waals surface area contributed by atoms with Gasteiger partial charge in [0.15, 0.2) is 5.82 Å². The number of rotatable bonds is 3. The highest BCUT2D eigenvalue weighted by Gasteiger charge is 2.32. The Bertz CT molecular complexity index is 585. The molecule has 0 N–H and O–H groups in total. The van der Waals surface area contributed by atoms with Crippen molar-refractivity contribution < 1.29 is 9.32 Å². The van der Waals surface area contributed by atoms with Crippen LogP contribution < -0.4 is 0 Å². The Morgan fingerprint density at radius 1 is 1.47 bits per heavy atom. The summed E-state index contributed by atoms with van der Waals surface area (Å²) in [5.74, 6) is 0.724. The lowest BCUT2D eigenvalue weighted by Crippen LogP contribution is -2.24. The number of benzene rings is 1. The largest absolute Gasteiger partial charge is 0.343 e. The Morgan fingerprint density at radius 3 is 3.11 bits per heavy atom. The van der Waals surface area contributed by atoms with Crippen LogP contribution in [0.5, 0.6) is 0 Å². The number of likely N-dealkylation sites (tertiary alicyclic amines) is 1. The lowest BCUT2D eigenvalue weighted by molar-refractivity contribution is -0.128. The number of nitrogens with zero attached hydrogens (tertiary/aromatic N) is 3. The van der Waals surface area contributed by atoms with Crippen LogP contribution in [0.2, 0.25) is 5.02 Å². The second kappa shape index (κ2) is 5.01. The smallest absolute Gasteiger partial charge is 0.223 e. The average molecular weight is 278 g/mol. The first-order valence-corrected chi connectivity index (χ1v) is 6.38. The normalized spacial score (nSPS) is 19.1. The molecule has 0 radical (unpaired) electrons. The topological polar surface area (TPSA) is 59.2 Å². The van der Waals surface area contributed by atoms with Crippen LogP contribution in [0.3, 0.4) is 0 Å². The molecule has 1 saturated heterocycles. The lowest BCUT2D eigenvalue weighted by Gasteiger charge is -2.16. The summed E-state index contributed by atoms with van der Waals surface area (Å²) < 4.78 is 4.72. The van der Waals surface area contributed by atoms with E-state index in [4.69, 9.17) is 16.1 Å². The fourth-order valence-corrected chi connectivity index (χ4v) is 2.53. The molecule has 0 bridgehead atoms. The highest BCUT2D eigenvalue weighted by molar-refractivity contribution is 6.30. The molecule has 19 heavy (non-hydrogen) atoms. The molecule has 5 nitrogen and oxygen atoms in total. The summed E-state index contributed by atoms with van der Waals surface area (Å²) in [5, 5.41) is 4.48. The highest BCUT2D eigenvalue weighted by Crippen LogP contribution is 2.27. The van der Waals surface area contributed by atoms with E-state index in [0.29, 0.717) is 30.4 Å². The Morgan fingerprint density at radius 2 is 2.37 bits per heavy atom. The number of hydrogen-bond acceptors (Lipinski definition) is 4. The van der Waals surface area contributed by atoms with E-state index in [-0.39, 0.29) is 11.8 Å². The van der Waals surface area contributed by atoms with E-state index in [1.165, 1.54) is 6.39 Å². The molecule has 1 aliphatic rings. The molecule has 2 aromatic rings. The van der Waals surface area contributed by atoms with Crippen LogP contribution >= 0.6 is 11.6 Å². The predicted octanol–water partition coefficient (Wildman–Crippen LogP) is 2.24. The number of amides is 1. The van der Waals surface area contributed by atoms with Crippen molar-refractivity contribution in [3.63, 3.8) is 0 Å². The van der Waals surface area contributed by atoms with E-state index in [0.717, 1.165) is 5.56 Å². The van der Waals surface area contributed by atoms with Crippen LogP contribution in [0.4, 0.5) is 0 Å². The van der Waals surface area contributed by atoms with Gasteiger partial charge in [-0.05, 0) is 17.7 Å². The molecule has 3 rings (SSSR count). The van der Waals surface area contributed by atoms with Gasteiger partial charge < -0.3 is 9.42 Å². The van der Waals surface area contributed by atoms with Crippen molar-refractivity contribution in [2.24, 2.45) is 0 Å². The minimum absolute atomic E-state index is 0.0189. The first kappa shape index (κ1) is 12.2. The number of carbonyl (C=O) groups is 1. The van der Waals surface area contributed by atoms with Crippen LogP contribution in [0.1, 0.15) is 23.7 Å². The minimum atomic E-state index is 0.0189. The molecular weight excluding hydrogens is 266 g/mol. The molecule has 6 heteroatoms. The highest BCUT2D eigenvalue weighted by atomic mass is 35.5. The predicted molar refractivity (Wildman–Crippen MR) is 68.5 cm³/mol. The molecule has 0 saturated carbocycles. The number of carbonyl (C=O) groups excluding carboxylic acids is 1. The van der Waals surface area contributed by atoms with Crippen molar-refractivity contribution >= 4 is 17.5 Å². The first-order valence-electron chi connectivity index (χ1n) is 6.01. The second-order valence-corrected chi connectivity index (χ2v) is 5.03.